The Morgan fingerprint density at radius 2 is 1.10 bits per heavy atom. The third-order valence-corrected chi connectivity index (χ3v) is 7.81. The monoisotopic (exact) mass is 564 g/mol. The topological polar surface area (TPSA) is 58.6 Å². The van der Waals surface area contributed by atoms with Crippen molar-refractivity contribution in [1.82, 2.24) is 10.2 Å². The van der Waals surface area contributed by atoms with Gasteiger partial charge in [0, 0.05) is 20.0 Å². The van der Waals surface area contributed by atoms with Gasteiger partial charge in [0.2, 0.25) is 5.91 Å². The fourth-order valence-electron chi connectivity index (χ4n) is 5.23. The minimum atomic E-state index is -0.660. The zero-order chi connectivity index (χ0) is 29.4. The Morgan fingerprint density at radius 3 is 1.59 bits per heavy atom. The number of hydrogen-bond acceptors (Lipinski definition) is 3. The molecule has 2 rings (SSSR count). The lowest BCUT2D eigenvalue weighted by Crippen LogP contribution is -2.49. The Morgan fingerprint density at radius 1 is 0.659 bits per heavy atom. The molecule has 0 aliphatic carbocycles. The van der Waals surface area contributed by atoms with Crippen molar-refractivity contribution < 1.29 is 14.3 Å². The van der Waals surface area contributed by atoms with Crippen molar-refractivity contribution >= 4 is 12.0 Å². The number of nitrogens with one attached hydrogen (secondary N) is 1. The molecule has 228 valence electrons. The van der Waals surface area contributed by atoms with E-state index < -0.39 is 12.1 Å². The SMILES string of the molecule is CCCCCCCCCCCCCCCCCCN(C)C(=O)[C@H](Cc1ccccc1)NC(=O)OCc1ccccc1. The number of ether oxygens (including phenoxy) is 1. The van der Waals surface area contributed by atoms with E-state index in [-0.39, 0.29) is 12.5 Å². The highest BCUT2D eigenvalue weighted by Crippen LogP contribution is 2.14. The van der Waals surface area contributed by atoms with E-state index in [9.17, 15) is 9.59 Å². The first-order valence-corrected chi connectivity index (χ1v) is 16.4. The van der Waals surface area contributed by atoms with Crippen LogP contribution in [0.15, 0.2) is 60.7 Å². The van der Waals surface area contributed by atoms with E-state index >= 15 is 0 Å². The normalized spacial score (nSPS) is 11.7. The molecule has 0 spiro atoms. The van der Waals surface area contributed by atoms with Crippen LogP contribution in [-0.4, -0.2) is 36.5 Å². The van der Waals surface area contributed by atoms with Crippen LogP contribution < -0.4 is 5.32 Å². The molecule has 0 bridgehead atoms. The van der Waals surface area contributed by atoms with Crippen LogP contribution in [0.25, 0.3) is 0 Å². The Labute approximate surface area is 250 Å². The van der Waals surface area contributed by atoms with Gasteiger partial charge in [0.15, 0.2) is 0 Å². The van der Waals surface area contributed by atoms with Gasteiger partial charge in [-0.1, -0.05) is 164 Å². The van der Waals surface area contributed by atoms with E-state index in [0.29, 0.717) is 13.0 Å². The predicted molar refractivity (Wildman–Crippen MR) is 171 cm³/mol. The minimum absolute atomic E-state index is 0.0773. The molecular weight excluding hydrogens is 508 g/mol. The van der Waals surface area contributed by atoms with Crippen molar-refractivity contribution in [3.05, 3.63) is 71.8 Å². The number of unbranched alkanes of at least 4 members (excludes halogenated alkanes) is 15. The Balaban J connectivity index is 1.59. The summed E-state index contributed by atoms with van der Waals surface area (Å²) in [5, 5.41) is 2.82. The first-order valence-electron chi connectivity index (χ1n) is 16.4. The molecule has 0 aromatic heterocycles. The van der Waals surface area contributed by atoms with Crippen molar-refractivity contribution in [2.24, 2.45) is 0 Å². The van der Waals surface area contributed by atoms with Crippen molar-refractivity contribution in [3.63, 3.8) is 0 Å². The number of carbonyl (C=O) groups excluding carboxylic acids is 2. The van der Waals surface area contributed by atoms with Gasteiger partial charge in [-0.15, -0.1) is 0 Å². The van der Waals surface area contributed by atoms with E-state index in [4.69, 9.17) is 4.74 Å². The Hall–Kier alpha value is -2.82. The summed E-state index contributed by atoms with van der Waals surface area (Å²) in [5.74, 6) is -0.0773. The van der Waals surface area contributed by atoms with Crippen LogP contribution in [0.3, 0.4) is 0 Å². The second kappa shape index (κ2) is 22.8. The van der Waals surface area contributed by atoms with Gasteiger partial charge in [-0.2, -0.15) is 0 Å². The van der Waals surface area contributed by atoms with E-state index in [1.807, 2.05) is 67.7 Å². The Kier molecular flexibility index (Phi) is 19.1. The van der Waals surface area contributed by atoms with Crippen molar-refractivity contribution in [3.8, 4) is 0 Å². The maximum atomic E-state index is 13.3. The largest absolute Gasteiger partial charge is 0.445 e. The average Bonchev–Trinajstić information content (AvgIpc) is 3.00. The molecule has 1 atom stereocenters. The lowest BCUT2D eigenvalue weighted by molar-refractivity contribution is -0.132. The molecule has 2 aromatic rings. The summed E-state index contributed by atoms with van der Waals surface area (Å²) >= 11 is 0. The van der Waals surface area contributed by atoms with Crippen LogP contribution in [0.4, 0.5) is 4.79 Å². The zero-order valence-corrected chi connectivity index (χ0v) is 26.0. The molecule has 5 heteroatoms. The van der Waals surface area contributed by atoms with Gasteiger partial charge in [-0.05, 0) is 17.5 Å². The van der Waals surface area contributed by atoms with Crippen LogP contribution in [0.1, 0.15) is 121 Å². The lowest BCUT2D eigenvalue weighted by atomic mass is 10.0. The van der Waals surface area contributed by atoms with Gasteiger partial charge in [-0.3, -0.25) is 4.79 Å². The number of carbonyl (C=O) groups is 2. The molecule has 0 unspecified atom stereocenters. The lowest BCUT2D eigenvalue weighted by Gasteiger charge is -2.24. The minimum Gasteiger partial charge on any atom is -0.445 e. The van der Waals surface area contributed by atoms with Crippen molar-refractivity contribution in [2.75, 3.05) is 13.6 Å². The second-order valence-corrected chi connectivity index (χ2v) is 11.5. The average molecular weight is 565 g/mol. The number of benzene rings is 2. The third-order valence-electron chi connectivity index (χ3n) is 7.81. The maximum absolute atomic E-state index is 13.3. The fourth-order valence-corrected chi connectivity index (χ4v) is 5.23. The molecule has 0 saturated carbocycles. The van der Waals surface area contributed by atoms with Crippen LogP contribution >= 0.6 is 0 Å². The summed E-state index contributed by atoms with van der Waals surface area (Å²) in [6.07, 6.45) is 21.1. The van der Waals surface area contributed by atoms with Crippen molar-refractivity contribution in [1.29, 1.82) is 0 Å². The Bertz CT molecular complexity index is 919. The molecule has 0 saturated heterocycles. The van der Waals surface area contributed by atoms with Crippen LogP contribution in [0, 0.1) is 0 Å². The number of likely N-dealkylation sites (N-methyl/N-ethyl adjacent to an activating group) is 1. The molecule has 0 aliphatic heterocycles. The number of amides is 2. The van der Waals surface area contributed by atoms with Crippen molar-refractivity contribution in [2.45, 2.75) is 129 Å². The highest BCUT2D eigenvalue weighted by atomic mass is 16.5. The van der Waals surface area contributed by atoms with Crippen LogP contribution in [0.2, 0.25) is 0 Å². The summed E-state index contributed by atoms with van der Waals surface area (Å²) in [4.78, 5) is 27.6. The van der Waals surface area contributed by atoms with Gasteiger partial charge in [0.1, 0.15) is 12.6 Å². The maximum Gasteiger partial charge on any atom is 0.408 e. The van der Waals surface area contributed by atoms with Gasteiger partial charge in [0.25, 0.3) is 0 Å². The number of rotatable bonds is 23. The molecule has 0 aliphatic rings. The first-order chi connectivity index (χ1) is 20.1. The van der Waals surface area contributed by atoms with Gasteiger partial charge in [0.05, 0.1) is 0 Å². The molecule has 2 aromatic carbocycles. The zero-order valence-electron chi connectivity index (χ0n) is 26.0. The number of hydrogen-bond donors (Lipinski definition) is 1. The van der Waals surface area contributed by atoms with E-state index in [0.717, 1.165) is 24.0 Å². The molecule has 0 radical (unpaired) electrons. The highest BCUT2D eigenvalue weighted by Gasteiger charge is 2.25. The number of nitrogens with zero attached hydrogens (tertiary/aromatic N) is 1. The van der Waals surface area contributed by atoms with Crippen LogP contribution in [-0.2, 0) is 22.6 Å². The summed E-state index contributed by atoms with van der Waals surface area (Å²) < 4.78 is 5.40. The molecule has 1 N–H and O–H groups in total. The summed E-state index contributed by atoms with van der Waals surface area (Å²) in [6.45, 7) is 3.15. The third kappa shape index (κ3) is 16.9. The molecule has 5 nitrogen and oxygen atoms in total. The number of alkyl carbamates (subject to hydrolysis) is 1. The molecule has 0 heterocycles. The van der Waals surface area contributed by atoms with E-state index in [1.54, 1.807) is 4.90 Å². The van der Waals surface area contributed by atoms with E-state index in [2.05, 4.69) is 12.2 Å². The van der Waals surface area contributed by atoms with Crippen LogP contribution in [0.5, 0.6) is 0 Å². The quantitative estimate of drug-likeness (QED) is 0.137. The first kappa shape index (κ1) is 34.4. The summed E-state index contributed by atoms with van der Waals surface area (Å²) in [7, 11) is 1.84. The van der Waals surface area contributed by atoms with Gasteiger partial charge < -0.3 is 15.0 Å². The summed E-state index contributed by atoms with van der Waals surface area (Å²) in [5.41, 5.74) is 1.92. The standard InChI is InChI=1S/C36H56N2O3/c1-3-4-5-6-7-8-9-10-11-12-13-14-15-16-17-24-29-38(2)35(39)34(30-32-25-20-18-21-26-32)37-36(40)41-31-33-27-22-19-23-28-33/h18-23,25-28,34H,3-17,24,29-31H2,1-2H3,(H,37,40)/t34-/m0/s1. The van der Waals surface area contributed by atoms with E-state index in [1.165, 1.54) is 89.9 Å². The fraction of sp³-hybridized carbons (Fsp3) is 0.611. The predicted octanol–water partition coefficient (Wildman–Crippen LogP) is 9.24. The molecule has 0 fully saturated rings. The molecule has 41 heavy (non-hydrogen) atoms. The van der Waals surface area contributed by atoms with Gasteiger partial charge >= 0.3 is 6.09 Å². The smallest absolute Gasteiger partial charge is 0.408 e. The molecular formula is C36H56N2O3. The summed E-state index contributed by atoms with van der Waals surface area (Å²) in [6, 6.07) is 18.7. The second-order valence-electron chi connectivity index (χ2n) is 11.5. The molecule has 2 amide bonds. The van der Waals surface area contributed by atoms with Gasteiger partial charge in [-0.25, -0.2) is 4.79 Å². The highest BCUT2D eigenvalue weighted by molar-refractivity contribution is 5.85.